The van der Waals surface area contributed by atoms with E-state index in [4.69, 9.17) is 0 Å². The molecule has 0 saturated carbocycles. The number of H-pyrrole nitrogens is 1. The Morgan fingerprint density at radius 3 is 2.74 bits per heavy atom. The standard InChI is InChI=1S/C18H27N3OS/c1-5-6-16-20-15-8-13(7-12(4)17(15)21-16)9-19-18(22)14(10-23)11(2)3/h7-8,11,14,23H,5-6,9-10H2,1-4H3,(H,19,22)(H,20,21)/t14-/m0/s1. The Hall–Kier alpha value is -1.49. The van der Waals surface area contributed by atoms with E-state index in [-0.39, 0.29) is 11.8 Å². The summed E-state index contributed by atoms with van der Waals surface area (Å²) in [4.78, 5) is 20.3. The molecule has 2 N–H and O–H groups in total. The van der Waals surface area contributed by atoms with Gasteiger partial charge in [-0.15, -0.1) is 0 Å². The van der Waals surface area contributed by atoms with E-state index in [0.717, 1.165) is 40.8 Å². The van der Waals surface area contributed by atoms with Crippen LogP contribution >= 0.6 is 12.6 Å². The lowest BCUT2D eigenvalue weighted by Gasteiger charge is -2.18. The Bertz CT molecular complexity index is 678. The highest BCUT2D eigenvalue weighted by atomic mass is 32.1. The van der Waals surface area contributed by atoms with E-state index in [2.05, 4.69) is 67.7 Å². The fraction of sp³-hybridized carbons (Fsp3) is 0.556. The molecule has 0 spiro atoms. The number of thiol groups is 1. The maximum absolute atomic E-state index is 12.2. The predicted octanol–water partition coefficient (Wildman–Crippen LogP) is 3.64. The molecule has 0 aliphatic rings. The van der Waals surface area contributed by atoms with Gasteiger partial charge in [-0.25, -0.2) is 4.98 Å². The normalized spacial score (nSPS) is 12.8. The molecule has 1 aromatic carbocycles. The molecule has 0 radical (unpaired) electrons. The first kappa shape index (κ1) is 17.9. The Kier molecular flexibility index (Phi) is 6.10. The van der Waals surface area contributed by atoms with Gasteiger partial charge in [0.15, 0.2) is 0 Å². The van der Waals surface area contributed by atoms with Crippen molar-refractivity contribution < 1.29 is 4.79 Å². The molecule has 0 saturated heterocycles. The van der Waals surface area contributed by atoms with Crippen molar-refractivity contribution in [2.45, 2.75) is 47.1 Å². The van der Waals surface area contributed by atoms with Crippen molar-refractivity contribution in [1.29, 1.82) is 0 Å². The lowest BCUT2D eigenvalue weighted by molar-refractivity contribution is -0.125. The summed E-state index contributed by atoms with van der Waals surface area (Å²) in [6.45, 7) is 8.85. The largest absolute Gasteiger partial charge is 0.352 e. The minimum Gasteiger partial charge on any atom is -0.352 e. The fourth-order valence-corrected chi connectivity index (χ4v) is 3.38. The summed E-state index contributed by atoms with van der Waals surface area (Å²) in [5.41, 5.74) is 4.31. The van der Waals surface area contributed by atoms with Gasteiger partial charge >= 0.3 is 0 Å². The van der Waals surface area contributed by atoms with Gasteiger partial charge in [0.25, 0.3) is 0 Å². The number of hydrogen-bond donors (Lipinski definition) is 3. The number of benzene rings is 1. The van der Waals surface area contributed by atoms with E-state index >= 15 is 0 Å². The average molecular weight is 334 g/mol. The fourth-order valence-electron chi connectivity index (χ4n) is 2.79. The molecule has 1 aromatic heterocycles. The number of carbonyl (C=O) groups is 1. The topological polar surface area (TPSA) is 57.8 Å². The summed E-state index contributed by atoms with van der Waals surface area (Å²) in [6, 6.07) is 4.18. The van der Waals surface area contributed by atoms with E-state index in [1.165, 1.54) is 0 Å². The molecule has 1 atom stereocenters. The summed E-state index contributed by atoms with van der Waals surface area (Å²) in [6.07, 6.45) is 2.03. The van der Waals surface area contributed by atoms with Crippen LogP contribution in [0.3, 0.4) is 0 Å². The molecule has 0 aliphatic carbocycles. The number of amides is 1. The smallest absolute Gasteiger partial charge is 0.224 e. The van der Waals surface area contributed by atoms with Gasteiger partial charge in [-0.1, -0.05) is 26.8 Å². The molecule has 0 aliphatic heterocycles. The van der Waals surface area contributed by atoms with Crippen molar-refractivity contribution in [1.82, 2.24) is 15.3 Å². The molecule has 0 fully saturated rings. The Morgan fingerprint density at radius 2 is 2.13 bits per heavy atom. The van der Waals surface area contributed by atoms with Gasteiger partial charge in [-0.05, 0) is 36.5 Å². The number of carbonyl (C=O) groups excluding carboxylic acids is 1. The Balaban J connectivity index is 2.13. The number of fused-ring (bicyclic) bond motifs is 1. The third-order valence-corrected chi connectivity index (χ3v) is 4.57. The summed E-state index contributed by atoms with van der Waals surface area (Å²) in [5, 5.41) is 3.03. The molecule has 2 rings (SSSR count). The van der Waals surface area contributed by atoms with Gasteiger partial charge in [0.1, 0.15) is 5.82 Å². The van der Waals surface area contributed by atoms with Crippen molar-refractivity contribution in [3.63, 3.8) is 0 Å². The maximum Gasteiger partial charge on any atom is 0.224 e. The minimum absolute atomic E-state index is 0.0496. The lowest BCUT2D eigenvalue weighted by atomic mass is 9.97. The van der Waals surface area contributed by atoms with Gasteiger partial charge in [-0.3, -0.25) is 4.79 Å². The number of rotatable bonds is 7. The van der Waals surface area contributed by atoms with Gasteiger partial charge in [-0.2, -0.15) is 12.6 Å². The van der Waals surface area contributed by atoms with Crippen molar-refractivity contribution in [2.24, 2.45) is 11.8 Å². The minimum atomic E-state index is -0.0496. The molecule has 0 unspecified atom stereocenters. The number of aromatic nitrogens is 2. The van der Waals surface area contributed by atoms with Crippen LogP contribution in [0.25, 0.3) is 11.0 Å². The molecule has 1 amide bonds. The zero-order valence-corrected chi connectivity index (χ0v) is 15.3. The van der Waals surface area contributed by atoms with Crippen LogP contribution in [0.5, 0.6) is 0 Å². The first-order valence-corrected chi connectivity index (χ1v) is 8.96. The second kappa shape index (κ2) is 7.86. The molecule has 126 valence electrons. The summed E-state index contributed by atoms with van der Waals surface area (Å²) >= 11 is 4.29. The second-order valence-corrected chi connectivity index (χ2v) is 6.86. The number of hydrogen-bond acceptors (Lipinski definition) is 3. The van der Waals surface area contributed by atoms with Gasteiger partial charge in [0.2, 0.25) is 5.91 Å². The van der Waals surface area contributed by atoms with Crippen molar-refractivity contribution in [3.8, 4) is 0 Å². The van der Waals surface area contributed by atoms with Crippen LogP contribution in [0.4, 0.5) is 0 Å². The molecule has 4 nitrogen and oxygen atoms in total. The number of aryl methyl sites for hydroxylation is 2. The van der Waals surface area contributed by atoms with Crippen molar-refractivity contribution >= 4 is 29.6 Å². The Morgan fingerprint density at radius 1 is 1.39 bits per heavy atom. The van der Waals surface area contributed by atoms with Crippen molar-refractivity contribution in [2.75, 3.05) is 5.75 Å². The first-order chi connectivity index (χ1) is 11.0. The average Bonchev–Trinajstić information content (AvgIpc) is 2.89. The first-order valence-electron chi connectivity index (χ1n) is 8.32. The van der Waals surface area contributed by atoms with Crippen LogP contribution in [0.15, 0.2) is 12.1 Å². The summed E-state index contributed by atoms with van der Waals surface area (Å²) < 4.78 is 0. The van der Waals surface area contributed by atoms with Crippen molar-refractivity contribution in [3.05, 3.63) is 29.1 Å². The van der Waals surface area contributed by atoms with Gasteiger partial charge < -0.3 is 10.3 Å². The Labute approximate surface area is 143 Å². The molecule has 2 aromatic rings. The third kappa shape index (κ3) is 4.28. The molecule has 0 bridgehead atoms. The maximum atomic E-state index is 12.2. The summed E-state index contributed by atoms with van der Waals surface area (Å²) in [5.74, 6) is 1.92. The highest BCUT2D eigenvalue weighted by Gasteiger charge is 2.20. The zero-order valence-electron chi connectivity index (χ0n) is 14.4. The highest BCUT2D eigenvalue weighted by Crippen LogP contribution is 2.20. The monoisotopic (exact) mass is 333 g/mol. The molecule has 23 heavy (non-hydrogen) atoms. The van der Waals surface area contributed by atoms with Crippen LogP contribution in [-0.4, -0.2) is 21.6 Å². The van der Waals surface area contributed by atoms with Gasteiger partial charge in [0, 0.05) is 24.6 Å². The number of nitrogens with zero attached hydrogens (tertiary/aromatic N) is 1. The van der Waals surface area contributed by atoms with Crippen LogP contribution in [0.1, 0.15) is 44.1 Å². The molecular formula is C18H27N3OS. The van der Waals surface area contributed by atoms with E-state index in [0.29, 0.717) is 18.2 Å². The van der Waals surface area contributed by atoms with Crippen LogP contribution in [0.2, 0.25) is 0 Å². The highest BCUT2D eigenvalue weighted by molar-refractivity contribution is 7.80. The SMILES string of the molecule is CCCc1nc2c(C)cc(CNC(=O)[C@@H](CS)C(C)C)cc2[nH]1. The molecular weight excluding hydrogens is 306 g/mol. The third-order valence-electron chi connectivity index (χ3n) is 4.18. The van der Waals surface area contributed by atoms with Gasteiger partial charge in [0.05, 0.1) is 11.0 Å². The van der Waals surface area contributed by atoms with E-state index < -0.39 is 0 Å². The van der Waals surface area contributed by atoms with Crippen LogP contribution < -0.4 is 5.32 Å². The van der Waals surface area contributed by atoms with Crippen LogP contribution in [0, 0.1) is 18.8 Å². The zero-order chi connectivity index (χ0) is 17.0. The summed E-state index contributed by atoms with van der Waals surface area (Å²) in [7, 11) is 0. The second-order valence-electron chi connectivity index (χ2n) is 6.49. The predicted molar refractivity (Wildman–Crippen MR) is 98.9 cm³/mol. The van der Waals surface area contributed by atoms with E-state index in [1.807, 2.05) is 0 Å². The molecule has 1 heterocycles. The number of nitrogens with one attached hydrogen (secondary N) is 2. The molecule has 5 heteroatoms. The van der Waals surface area contributed by atoms with Crippen LogP contribution in [-0.2, 0) is 17.8 Å². The quantitative estimate of drug-likeness (QED) is 0.678. The van der Waals surface area contributed by atoms with E-state index in [1.54, 1.807) is 0 Å². The lowest BCUT2D eigenvalue weighted by Crippen LogP contribution is -2.34. The number of aromatic amines is 1. The van der Waals surface area contributed by atoms with E-state index in [9.17, 15) is 4.79 Å². The number of imidazole rings is 1.